The van der Waals surface area contributed by atoms with Crippen molar-refractivity contribution in [2.24, 2.45) is 10.1 Å². The largest absolute Gasteiger partial charge is 0.289 e. The van der Waals surface area contributed by atoms with Crippen molar-refractivity contribution < 1.29 is 0 Å². The summed E-state index contributed by atoms with van der Waals surface area (Å²) >= 11 is 12.9. The average Bonchev–Trinajstić information content (AvgIpc) is 2.86. The van der Waals surface area contributed by atoms with Gasteiger partial charge in [0.25, 0.3) is 0 Å². The maximum Gasteiger partial charge on any atom is 0.185 e. The molecule has 24 heavy (non-hydrogen) atoms. The van der Waals surface area contributed by atoms with E-state index in [0.29, 0.717) is 21.6 Å². The molecular weight excluding hydrogens is 343 g/mol. The lowest BCUT2D eigenvalue weighted by Gasteiger charge is -2.26. The van der Waals surface area contributed by atoms with Gasteiger partial charge >= 0.3 is 0 Å². The molecule has 0 atom stereocenters. The Morgan fingerprint density at radius 2 is 1.50 bits per heavy atom. The number of halogens is 2. The lowest BCUT2D eigenvalue weighted by molar-refractivity contribution is 0.483. The van der Waals surface area contributed by atoms with Crippen LogP contribution in [0.3, 0.4) is 0 Å². The highest BCUT2D eigenvalue weighted by molar-refractivity contribution is 6.54. The van der Waals surface area contributed by atoms with E-state index in [-0.39, 0.29) is 0 Å². The lowest BCUT2D eigenvalue weighted by atomic mass is 10.2. The van der Waals surface area contributed by atoms with Gasteiger partial charge in [-0.05, 0) is 24.3 Å². The zero-order valence-corrected chi connectivity index (χ0v) is 14.9. The SMILES string of the molecule is C=C1C(=NC)C(N(c2ccccc2Cl)c2ccccc2Cl)=NN1C. The molecule has 3 rings (SSSR count). The van der Waals surface area contributed by atoms with E-state index < -0.39 is 0 Å². The summed E-state index contributed by atoms with van der Waals surface area (Å²) in [6, 6.07) is 15.1. The highest BCUT2D eigenvalue weighted by Gasteiger charge is 2.31. The average molecular weight is 359 g/mol. The van der Waals surface area contributed by atoms with E-state index >= 15 is 0 Å². The molecule has 0 radical (unpaired) electrons. The van der Waals surface area contributed by atoms with E-state index in [1.54, 1.807) is 12.1 Å². The topological polar surface area (TPSA) is 31.2 Å². The van der Waals surface area contributed by atoms with Gasteiger partial charge in [-0.25, -0.2) is 0 Å². The summed E-state index contributed by atoms with van der Waals surface area (Å²) in [5, 5.41) is 7.46. The van der Waals surface area contributed by atoms with Gasteiger partial charge in [-0.15, -0.1) is 0 Å². The van der Waals surface area contributed by atoms with Crippen molar-refractivity contribution in [3.63, 3.8) is 0 Å². The summed E-state index contributed by atoms with van der Waals surface area (Å²) in [6.45, 7) is 4.04. The van der Waals surface area contributed by atoms with Crippen LogP contribution in [0.1, 0.15) is 0 Å². The Hall–Kier alpha value is -2.30. The zero-order valence-electron chi connectivity index (χ0n) is 13.4. The molecule has 0 aliphatic carbocycles. The normalized spacial score (nSPS) is 15.8. The third-order valence-corrected chi connectivity index (χ3v) is 4.38. The molecule has 0 saturated heterocycles. The fourth-order valence-electron chi connectivity index (χ4n) is 2.54. The molecular formula is C18H16Cl2N4. The Morgan fingerprint density at radius 3 is 1.96 bits per heavy atom. The second kappa shape index (κ2) is 6.67. The van der Waals surface area contributed by atoms with Crippen LogP contribution in [0.4, 0.5) is 11.4 Å². The number of para-hydroxylation sites is 2. The maximum absolute atomic E-state index is 6.45. The molecule has 1 aliphatic heterocycles. The van der Waals surface area contributed by atoms with Crippen LogP contribution in [0.2, 0.25) is 10.0 Å². The molecule has 4 nitrogen and oxygen atoms in total. The summed E-state index contributed by atoms with van der Waals surface area (Å²) in [6.07, 6.45) is 0. The molecule has 0 fully saturated rings. The number of nitrogens with zero attached hydrogens (tertiary/aromatic N) is 4. The van der Waals surface area contributed by atoms with Gasteiger partial charge in [0.15, 0.2) is 5.84 Å². The molecule has 122 valence electrons. The van der Waals surface area contributed by atoms with Crippen LogP contribution >= 0.6 is 23.2 Å². The molecule has 1 aliphatic rings. The Labute approximate surface area is 151 Å². The van der Waals surface area contributed by atoms with Gasteiger partial charge in [-0.2, -0.15) is 5.10 Å². The minimum Gasteiger partial charge on any atom is -0.289 e. The summed E-state index contributed by atoms with van der Waals surface area (Å²) < 4.78 is 0. The first-order valence-electron chi connectivity index (χ1n) is 7.32. The molecule has 0 N–H and O–H groups in total. The minimum absolute atomic E-state index is 0.593. The molecule has 0 unspecified atom stereocenters. The first kappa shape index (κ1) is 16.6. The van der Waals surface area contributed by atoms with Crippen molar-refractivity contribution in [2.45, 2.75) is 0 Å². The first-order chi connectivity index (χ1) is 11.5. The molecule has 0 aromatic heterocycles. The van der Waals surface area contributed by atoms with Crippen molar-refractivity contribution in [2.75, 3.05) is 19.0 Å². The fourth-order valence-corrected chi connectivity index (χ4v) is 2.98. The fraction of sp³-hybridized carbons (Fsp3) is 0.111. The predicted molar refractivity (Wildman–Crippen MR) is 103 cm³/mol. The van der Waals surface area contributed by atoms with Gasteiger partial charge in [-0.3, -0.25) is 14.9 Å². The van der Waals surface area contributed by atoms with Crippen LogP contribution in [-0.4, -0.2) is 30.7 Å². The quantitative estimate of drug-likeness (QED) is 0.758. The van der Waals surface area contributed by atoms with Crippen LogP contribution in [-0.2, 0) is 0 Å². The van der Waals surface area contributed by atoms with Crippen LogP contribution in [0, 0.1) is 0 Å². The van der Waals surface area contributed by atoms with Crippen molar-refractivity contribution in [3.05, 3.63) is 70.9 Å². The standard InChI is InChI=1S/C18H16Cl2N4/c1-12-17(21-2)18(22-23(12)3)24(15-10-6-4-8-13(15)19)16-11-7-5-9-14(16)20/h4-11H,1H2,2-3H3. The molecule has 2 aromatic rings. The maximum atomic E-state index is 6.45. The first-order valence-corrected chi connectivity index (χ1v) is 8.08. The Morgan fingerprint density at radius 1 is 1.00 bits per heavy atom. The van der Waals surface area contributed by atoms with Crippen molar-refractivity contribution in [1.82, 2.24) is 5.01 Å². The van der Waals surface area contributed by atoms with E-state index in [1.807, 2.05) is 60.5 Å². The van der Waals surface area contributed by atoms with Gasteiger partial charge in [-0.1, -0.05) is 54.0 Å². The van der Waals surface area contributed by atoms with Gasteiger partial charge in [0, 0.05) is 14.1 Å². The smallest absolute Gasteiger partial charge is 0.185 e. The van der Waals surface area contributed by atoms with Crippen LogP contribution in [0.5, 0.6) is 0 Å². The number of rotatable bonds is 2. The molecule has 0 saturated carbocycles. The summed E-state index contributed by atoms with van der Waals surface area (Å²) in [4.78, 5) is 6.25. The number of hydrogen-bond acceptors (Lipinski definition) is 4. The molecule has 6 heteroatoms. The summed E-state index contributed by atoms with van der Waals surface area (Å²) in [7, 11) is 3.55. The molecule has 2 aromatic carbocycles. The van der Waals surface area contributed by atoms with Gasteiger partial charge < -0.3 is 0 Å². The molecule has 0 bridgehead atoms. The predicted octanol–water partition coefficient (Wildman–Crippen LogP) is 4.97. The Bertz CT molecular complexity index is 812. The van der Waals surface area contributed by atoms with Gasteiger partial charge in [0.1, 0.15) is 5.71 Å². The minimum atomic E-state index is 0.593. The number of benzene rings is 2. The van der Waals surface area contributed by atoms with E-state index in [1.165, 1.54) is 0 Å². The summed E-state index contributed by atoms with van der Waals surface area (Å²) in [5.41, 5.74) is 2.96. The zero-order chi connectivity index (χ0) is 17.3. The third kappa shape index (κ3) is 2.79. The summed E-state index contributed by atoms with van der Waals surface area (Å²) in [5.74, 6) is 0.631. The number of aliphatic imine (C=N–C) groups is 1. The Balaban J connectivity index is 2.25. The van der Waals surface area contributed by atoms with E-state index in [4.69, 9.17) is 23.2 Å². The van der Waals surface area contributed by atoms with Gasteiger partial charge in [0.2, 0.25) is 0 Å². The number of hydrazone groups is 1. The van der Waals surface area contributed by atoms with E-state index in [2.05, 4.69) is 16.7 Å². The van der Waals surface area contributed by atoms with Crippen LogP contribution in [0.15, 0.2) is 70.9 Å². The van der Waals surface area contributed by atoms with E-state index in [9.17, 15) is 0 Å². The highest BCUT2D eigenvalue weighted by atomic mass is 35.5. The van der Waals surface area contributed by atoms with Crippen LogP contribution < -0.4 is 4.90 Å². The monoisotopic (exact) mass is 358 g/mol. The molecule has 1 heterocycles. The molecule has 0 spiro atoms. The third-order valence-electron chi connectivity index (χ3n) is 3.74. The van der Waals surface area contributed by atoms with Crippen LogP contribution in [0.25, 0.3) is 0 Å². The van der Waals surface area contributed by atoms with Gasteiger partial charge in [0.05, 0.1) is 27.1 Å². The highest BCUT2D eigenvalue weighted by Crippen LogP contribution is 2.37. The van der Waals surface area contributed by atoms with Crippen molar-refractivity contribution in [3.8, 4) is 0 Å². The Kier molecular flexibility index (Phi) is 4.60. The van der Waals surface area contributed by atoms with E-state index in [0.717, 1.165) is 17.1 Å². The second-order valence-electron chi connectivity index (χ2n) is 5.20. The number of amidine groups is 1. The number of hydrogen-bond donors (Lipinski definition) is 0. The second-order valence-corrected chi connectivity index (χ2v) is 6.02. The lowest BCUT2D eigenvalue weighted by Crippen LogP contribution is -2.31. The van der Waals surface area contributed by atoms with Crippen molar-refractivity contribution in [1.29, 1.82) is 0 Å². The molecule has 0 amide bonds. The number of anilines is 2. The van der Waals surface area contributed by atoms with Crippen molar-refractivity contribution >= 4 is 46.1 Å².